The summed E-state index contributed by atoms with van der Waals surface area (Å²) in [7, 11) is 0. The van der Waals surface area contributed by atoms with Crippen molar-refractivity contribution in [1.82, 2.24) is 15.5 Å². The molecule has 2 fully saturated rings. The number of aromatic amines is 1. The van der Waals surface area contributed by atoms with Crippen LogP contribution in [0, 0.1) is 0 Å². The summed E-state index contributed by atoms with van der Waals surface area (Å²) in [4.78, 5) is 15.2. The van der Waals surface area contributed by atoms with Crippen LogP contribution < -0.4 is 10.2 Å². The lowest BCUT2D eigenvalue weighted by Crippen LogP contribution is -2.44. The quantitative estimate of drug-likeness (QED) is 0.404. The van der Waals surface area contributed by atoms with Gasteiger partial charge < -0.3 is 15.3 Å². The van der Waals surface area contributed by atoms with Gasteiger partial charge in [0.1, 0.15) is 0 Å². The van der Waals surface area contributed by atoms with Crippen LogP contribution in [0.1, 0.15) is 41.6 Å². The molecule has 1 amide bonds. The molecule has 4 heterocycles. The molecule has 33 heavy (non-hydrogen) atoms. The lowest BCUT2D eigenvalue weighted by molar-refractivity contribution is 0.0951. The molecule has 3 N–H and O–H groups in total. The van der Waals surface area contributed by atoms with E-state index in [1.165, 1.54) is 5.69 Å². The first-order chi connectivity index (χ1) is 16.2. The van der Waals surface area contributed by atoms with E-state index in [4.69, 9.17) is 0 Å². The number of nitrogens with zero attached hydrogens (tertiary/aromatic N) is 2. The molecule has 0 spiro atoms. The van der Waals surface area contributed by atoms with Crippen LogP contribution in [0.2, 0.25) is 0 Å². The van der Waals surface area contributed by atoms with Crippen molar-refractivity contribution < 1.29 is 9.90 Å². The summed E-state index contributed by atoms with van der Waals surface area (Å²) in [6.07, 6.45) is 3.87. The number of carbonyl (C=O) groups excluding carboxylic acids is 1. The van der Waals surface area contributed by atoms with Gasteiger partial charge in [-0.25, -0.2) is 0 Å². The molecule has 6 rings (SSSR count). The molecule has 0 aliphatic carbocycles. The van der Waals surface area contributed by atoms with Gasteiger partial charge in [0.2, 0.25) is 0 Å². The summed E-state index contributed by atoms with van der Waals surface area (Å²) in [6, 6.07) is 17.1. The van der Waals surface area contributed by atoms with Crippen LogP contribution >= 0.6 is 11.3 Å². The third kappa shape index (κ3) is 3.81. The van der Waals surface area contributed by atoms with Gasteiger partial charge in [0, 0.05) is 40.8 Å². The number of amides is 1. The highest BCUT2D eigenvalue weighted by atomic mass is 32.1. The second kappa shape index (κ2) is 8.32. The minimum absolute atomic E-state index is 0.0895. The molecular formula is C26H26N4O2S. The van der Waals surface area contributed by atoms with Gasteiger partial charge in [-0.15, -0.1) is 0 Å². The normalized spacial score (nSPS) is 22.1. The summed E-state index contributed by atoms with van der Waals surface area (Å²) in [5, 5.41) is 25.7. The smallest absolute Gasteiger partial charge is 0.251 e. The molecular weight excluding hydrogens is 432 g/mol. The maximum Gasteiger partial charge on any atom is 0.251 e. The summed E-state index contributed by atoms with van der Waals surface area (Å²) in [6.45, 7) is 0.523. The van der Waals surface area contributed by atoms with E-state index in [0.29, 0.717) is 24.2 Å². The molecule has 0 saturated carbocycles. The average molecular weight is 459 g/mol. The number of rotatable bonds is 5. The Labute approximate surface area is 196 Å². The first-order valence-electron chi connectivity index (χ1n) is 11.5. The van der Waals surface area contributed by atoms with Crippen molar-refractivity contribution in [3.63, 3.8) is 0 Å². The van der Waals surface area contributed by atoms with Gasteiger partial charge in [-0.1, -0.05) is 12.1 Å². The fraction of sp³-hybridized carbons (Fsp3) is 0.308. The summed E-state index contributed by atoms with van der Waals surface area (Å²) >= 11 is 1.63. The van der Waals surface area contributed by atoms with Crippen LogP contribution in [0.25, 0.3) is 22.2 Å². The molecule has 2 bridgehead atoms. The van der Waals surface area contributed by atoms with Crippen molar-refractivity contribution >= 4 is 33.8 Å². The third-order valence-electron chi connectivity index (χ3n) is 7.01. The fourth-order valence-electron chi connectivity index (χ4n) is 5.41. The number of anilines is 1. The second-order valence-corrected chi connectivity index (χ2v) is 9.89. The summed E-state index contributed by atoms with van der Waals surface area (Å²) < 4.78 is 0. The van der Waals surface area contributed by atoms with Crippen LogP contribution in [0.3, 0.4) is 0 Å². The number of aliphatic hydroxyl groups is 1. The molecule has 7 heteroatoms. The van der Waals surface area contributed by atoms with E-state index in [1.54, 1.807) is 11.3 Å². The highest BCUT2D eigenvalue weighted by Crippen LogP contribution is 2.40. The zero-order valence-electron chi connectivity index (χ0n) is 18.2. The molecule has 6 nitrogen and oxygen atoms in total. The average Bonchev–Trinajstić information content (AvgIpc) is 3.56. The van der Waals surface area contributed by atoms with Crippen LogP contribution in [-0.4, -0.2) is 39.4 Å². The molecule has 0 radical (unpaired) electrons. The van der Waals surface area contributed by atoms with Crippen molar-refractivity contribution in [3.8, 4) is 11.3 Å². The SMILES string of the molecule is O=C(NCc1ccsc1)c1ccc2[nH]nc(-c3ccc(N4C5CCC4CC(O)C5)cc3)c2c1. The molecule has 2 saturated heterocycles. The van der Waals surface area contributed by atoms with Crippen molar-refractivity contribution in [1.29, 1.82) is 0 Å². The standard InChI is InChI=1S/C26H26N4O2S/c31-22-12-20-6-7-21(13-22)30(20)19-4-1-17(2-5-19)25-23-11-18(3-8-24(23)28-29-25)26(32)27-14-16-9-10-33-15-16/h1-5,8-11,15,20-22,31H,6-7,12-14H2,(H,27,32)(H,28,29). The first kappa shape index (κ1) is 20.4. The number of hydrogen-bond acceptors (Lipinski definition) is 5. The Morgan fingerprint density at radius 1 is 1.12 bits per heavy atom. The van der Waals surface area contributed by atoms with Gasteiger partial charge >= 0.3 is 0 Å². The van der Waals surface area contributed by atoms with Gasteiger partial charge in [-0.05, 0) is 78.4 Å². The van der Waals surface area contributed by atoms with Gasteiger partial charge in [-0.3, -0.25) is 9.89 Å². The second-order valence-electron chi connectivity index (χ2n) is 9.11. The van der Waals surface area contributed by atoms with E-state index < -0.39 is 0 Å². The number of fused-ring (bicyclic) bond motifs is 3. The Morgan fingerprint density at radius 3 is 2.64 bits per heavy atom. The number of benzene rings is 2. The Kier molecular flexibility index (Phi) is 5.15. The van der Waals surface area contributed by atoms with E-state index in [0.717, 1.165) is 53.4 Å². The predicted molar refractivity (Wildman–Crippen MR) is 132 cm³/mol. The van der Waals surface area contributed by atoms with E-state index >= 15 is 0 Å². The Balaban J connectivity index is 1.24. The maximum absolute atomic E-state index is 12.7. The van der Waals surface area contributed by atoms with Crippen LogP contribution in [0.4, 0.5) is 5.69 Å². The van der Waals surface area contributed by atoms with Crippen LogP contribution in [0.5, 0.6) is 0 Å². The van der Waals surface area contributed by atoms with Gasteiger partial charge in [0.25, 0.3) is 5.91 Å². The number of aliphatic hydroxyl groups excluding tert-OH is 1. The number of aromatic nitrogens is 2. The lowest BCUT2D eigenvalue weighted by Gasteiger charge is -2.39. The number of H-pyrrole nitrogens is 1. The Hall–Kier alpha value is -3.16. The molecule has 4 aromatic rings. The van der Waals surface area contributed by atoms with Crippen molar-refractivity contribution in [3.05, 3.63) is 70.4 Å². The number of hydrogen-bond donors (Lipinski definition) is 3. The summed E-state index contributed by atoms with van der Waals surface area (Å²) in [5.41, 5.74) is 5.72. The fourth-order valence-corrected chi connectivity index (χ4v) is 6.08. The van der Waals surface area contributed by atoms with Crippen molar-refractivity contribution in [2.45, 2.75) is 50.4 Å². The molecule has 2 atom stereocenters. The van der Waals surface area contributed by atoms with Crippen LogP contribution in [-0.2, 0) is 6.54 Å². The van der Waals surface area contributed by atoms with E-state index in [2.05, 4.69) is 44.7 Å². The maximum atomic E-state index is 12.7. The van der Waals surface area contributed by atoms with Crippen LogP contribution in [0.15, 0.2) is 59.3 Å². The molecule has 168 valence electrons. The van der Waals surface area contributed by atoms with Gasteiger partial charge in [-0.2, -0.15) is 16.4 Å². The topological polar surface area (TPSA) is 81.2 Å². The highest BCUT2D eigenvalue weighted by Gasteiger charge is 2.40. The zero-order chi connectivity index (χ0) is 22.4. The Morgan fingerprint density at radius 2 is 1.91 bits per heavy atom. The van der Waals surface area contributed by atoms with Gasteiger partial charge in [0.15, 0.2) is 0 Å². The molecule has 2 unspecified atom stereocenters. The number of nitrogens with one attached hydrogen (secondary N) is 2. The van der Waals surface area contributed by atoms with E-state index in [-0.39, 0.29) is 12.0 Å². The largest absolute Gasteiger partial charge is 0.393 e. The Bertz CT molecular complexity index is 1270. The minimum atomic E-state index is -0.162. The molecule has 2 aromatic carbocycles. The zero-order valence-corrected chi connectivity index (χ0v) is 19.0. The monoisotopic (exact) mass is 458 g/mol. The van der Waals surface area contributed by atoms with Gasteiger partial charge in [0.05, 0.1) is 17.3 Å². The predicted octanol–water partition coefficient (Wildman–Crippen LogP) is 4.71. The molecule has 2 aliphatic heterocycles. The summed E-state index contributed by atoms with van der Waals surface area (Å²) in [5.74, 6) is -0.0895. The van der Waals surface area contributed by atoms with E-state index in [9.17, 15) is 9.90 Å². The lowest BCUT2D eigenvalue weighted by atomic mass is 9.98. The van der Waals surface area contributed by atoms with Crippen molar-refractivity contribution in [2.75, 3.05) is 4.90 Å². The molecule has 2 aliphatic rings. The molecule has 2 aromatic heterocycles. The first-order valence-corrected chi connectivity index (χ1v) is 12.4. The highest BCUT2D eigenvalue weighted by molar-refractivity contribution is 7.07. The third-order valence-corrected chi connectivity index (χ3v) is 7.74. The van der Waals surface area contributed by atoms with Crippen molar-refractivity contribution in [2.24, 2.45) is 0 Å². The van der Waals surface area contributed by atoms with E-state index in [1.807, 2.05) is 35.0 Å². The minimum Gasteiger partial charge on any atom is -0.393 e. The number of carbonyl (C=O) groups is 1. The number of piperidine rings is 1. The number of thiophene rings is 1.